The van der Waals surface area contributed by atoms with Crippen LogP contribution in [0.5, 0.6) is 0 Å². The molecule has 0 radical (unpaired) electrons. The van der Waals surface area contributed by atoms with Gasteiger partial charge in [0, 0.05) is 32.8 Å². The van der Waals surface area contributed by atoms with Crippen molar-refractivity contribution in [3.63, 3.8) is 0 Å². The maximum Gasteiger partial charge on any atom is 0.251 e. The molecule has 0 aromatic heterocycles. The van der Waals surface area contributed by atoms with Gasteiger partial charge in [-0.05, 0) is 25.7 Å². The average Bonchev–Trinajstić information content (AvgIpc) is 2.91. The van der Waals surface area contributed by atoms with E-state index in [1.807, 2.05) is 4.90 Å². The number of amides is 1. The first-order valence-electron chi connectivity index (χ1n) is 6.41. The smallest absolute Gasteiger partial charge is 0.251 e. The molecule has 0 aliphatic carbocycles. The summed E-state index contributed by atoms with van der Waals surface area (Å²) in [7, 11) is 1.72. The molecular weight excluding hydrogens is 220 g/mol. The number of carbonyl (C=O) groups excluding carboxylic acids is 1. The van der Waals surface area contributed by atoms with Crippen LogP contribution in [0.15, 0.2) is 0 Å². The van der Waals surface area contributed by atoms with E-state index in [0.29, 0.717) is 13.2 Å². The molecule has 3 unspecified atom stereocenters. The molecule has 1 amide bonds. The van der Waals surface area contributed by atoms with Gasteiger partial charge in [-0.15, -0.1) is 0 Å². The number of rotatable bonds is 3. The molecular formula is C12H22N2O3. The first-order valence-corrected chi connectivity index (χ1v) is 6.41. The van der Waals surface area contributed by atoms with Gasteiger partial charge < -0.3 is 20.1 Å². The van der Waals surface area contributed by atoms with Crippen molar-refractivity contribution in [1.29, 1.82) is 0 Å². The molecule has 17 heavy (non-hydrogen) atoms. The average molecular weight is 242 g/mol. The van der Waals surface area contributed by atoms with Gasteiger partial charge in [0.25, 0.3) is 5.91 Å². The second-order valence-electron chi connectivity index (χ2n) is 4.80. The number of hydrogen-bond acceptors (Lipinski definition) is 4. The highest BCUT2D eigenvalue weighted by Crippen LogP contribution is 2.23. The zero-order valence-corrected chi connectivity index (χ0v) is 10.4. The molecule has 0 saturated carbocycles. The lowest BCUT2D eigenvalue weighted by atomic mass is 9.98. The van der Waals surface area contributed by atoms with E-state index in [1.54, 1.807) is 7.11 Å². The third-order valence-electron chi connectivity index (χ3n) is 3.76. The third kappa shape index (κ3) is 2.78. The van der Waals surface area contributed by atoms with Gasteiger partial charge >= 0.3 is 0 Å². The summed E-state index contributed by atoms with van der Waals surface area (Å²) in [4.78, 5) is 14.2. The summed E-state index contributed by atoms with van der Waals surface area (Å²) in [5.74, 6) is 0.118. The number of nitrogens with zero attached hydrogens (tertiary/aromatic N) is 1. The van der Waals surface area contributed by atoms with Gasteiger partial charge in [-0.25, -0.2) is 0 Å². The van der Waals surface area contributed by atoms with Crippen LogP contribution in [0.3, 0.4) is 0 Å². The summed E-state index contributed by atoms with van der Waals surface area (Å²) in [5.41, 5.74) is 5.76. The van der Waals surface area contributed by atoms with Gasteiger partial charge in [-0.1, -0.05) is 0 Å². The van der Waals surface area contributed by atoms with Gasteiger partial charge in [0.05, 0.1) is 6.10 Å². The van der Waals surface area contributed by atoms with E-state index < -0.39 is 0 Å². The fourth-order valence-electron chi connectivity index (χ4n) is 2.70. The van der Waals surface area contributed by atoms with Crippen LogP contribution < -0.4 is 5.73 Å². The molecule has 0 aromatic carbocycles. The predicted octanol–water partition coefficient (Wildman–Crippen LogP) is 0.130. The van der Waals surface area contributed by atoms with Crippen LogP contribution in [0, 0.1) is 0 Å². The van der Waals surface area contributed by atoms with E-state index >= 15 is 0 Å². The van der Waals surface area contributed by atoms with Gasteiger partial charge in [-0.3, -0.25) is 4.79 Å². The fourth-order valence-corrected chi connectivity index (χ4v) is 2.70. The number of carbonyl (C=O) groups is 1. The Balaban J connectivity index is 1.96. The highest BCUT2D eigenvalue weighted by atomic mass is 16.5. The van der Waals surface area contributed by atoms with Crippen LogP contribution in [-0.2, 0) is 14.3 Å². The lowest BCUT2D eigenvalue weighted by molar-refractivity contribution is -0.146. The lowest BCUT2D eigenvalue weighted by Crippen LogP contribution is -2.53. The van der Waals surface area contributed by atoms with E-state index in [9.17, 15) is 4.79 Å². The molecule has 98 valence electrons. The molecule has 0 bridgehead atoms. The Morgan fingerprint density at radius 3 is 2.94 bits per heavy atom. The van der Waals surface area contributed by atoms with Crippen molar-refractivity contribution >= 4 is 5.91 Å². The summed E-state index contributed by atoms with van der Waals surface area (Å²) < 4.78 is 10.8. The van der Waals surface area contributed by atoms with Gasteiger partial charge in [-0.2, -0.15) is 0 Å². The van der Waals surface area contributed by atoms with Crippen molar-refractivity contribution in [3.05, 3.63) is 0 Å². The Bertz CT molecular complexity index is 266. The van der Waals surface area contributed by atoms with E-state index in [4.69, 9.17) is 15.2 Å². The number of likely N-dealkylation sites (tertiary alicyclic amines) is 1. The Kier molecular flexibility index (Phi) is 4.36. The first-order chi connectivity index (χ1) is 8.26. The van der Waals surface area contributed by atoms with Crippen molar-refractivity contribution in [2.45, 2.75) is 43.9 Å². The topological polar surface area (TPSA) is 64.8 Å². The normalized spacial score (nSPS) is 34.0. The minimum atomic E-state index is -0.233. The van der Waals surface area contributed by atoms with Crippen molar-refractivity contribution < 1.29 is 14.3 Å². The van der Waals surface area contributed by atoms with E-state index in [2.05, 4.69) is 0 Å². The predicted molar refractivity (Wildman–Crippen MR) is 63.6 cm³/mol. The highest BCUT2D eigenvalue weighted by Gasteiger charge is 2.35. The molecule has 2 fully saturated rings. The molecule has 2 aliphatic heterocycles. The van der Waals surface area contributed by atoms with Crippen LogP contribution in [0.1, 0.15) is 25.7 Å². The number of methoxy groups -OCH3 is 1. The second-order valence-corrected chi connectivity index (χ2v) is 4.80. The summed E-state index contributed by atoms with van der Waals surface area (Å²) in [6.07, 6.45) is 3.57. The zero-order valence-electron chi connectivity index (χ0n) is 10.4. The molecule has 3 atom stereocenters. The van der Waals surface area contributed by atoms with E-state index in [1.165, 1.54) is 0 Å². The van der Waals surface area contributed by atoms with Crippen molar-refractivity contribution in [1.82, 2.24) is 4.90 Å². The molecule has 5 nitrogen and oxygen atoms in total. The number of piperidine rings is 1. The van der Waals surface area contributed by atoms with Crippen molar-refractivity contribution in [2.24, 2.45) is 5.73 Å². The number of hydrogen-bond donors (Lipinski definition) is 1. The summed E-state index contributed by atoms with van der Waals surface area (Å²) >= 11 is 0. The summed E-state index contributed by atoms with van der Waals surface area (Å²) in [5, 5.41) is 0. The Morgan fingerprint density at radius 1 is 1.53 bits per heavy atom. The summed E-state index contributed by atoms with van der Waals surface area (Å²) in [6, 6.07) is 0.102. The SMILES string of the molecule is COC1CCN(C(=O)C2CCCO2)C(CN)C1. The molecule has 2 aliphatic rings. The Labute approximate surface area is 102 Å². The van der Waals surface area contributed by atoms with Gasteiger partial charge in [0.15, 0.2) is 0 Å². The van der Waals surface area contributed by atoms with Gasteiger partial charge in [0.1, 0.15) is 6.10 Å². The first kappa shape index (κ1) is 12.8. The molecule has 2 N–H and O–H groups in total. The highest BCUT2D eigenvalue weighted by molar-refractivity contribution is 5.81. The lowest BCUT2D eigenvalue weighted by Gasteiger charge is -2.39. The largest absolute Gasteiger partial charge is 0.381 e. The third-order valence-corrected chi connectivity index (χ3v) is 3.76. The monoisotopic (exact) mass is 242 g/mol. The van der Waals surface area contributed by atoms with Crippen molar-refractivity contribution in [3.8, 4) is 0 Å². The minimum Gasteiger partial charge on any atom is -0.381 e. The fraction of sp³-hybridized carbons (Fsp3) is 0.917. The molecule has 2 saturated heterocycles. The van der Waals surface area contributed by atoms with Gasteiger partial charge in [0.2, 0.25) is 0 Å². The summed E-state index contributed by atoms with van der Waals surface area (Å²) in [6.45, 7) is 1.94. The Hall–Kier alpha value is -0.650. The quantitative estimate of drug-likeness (QED) is 0.764. The second kappa shape index (κ2) is 5.80. The van der Waals surface area contributed by atoms with Crippen LogP contribution in [-0.4, -0.2) is 55.9 Å². The maximum atomic E-state index is 12.3. The van der Waals surface area contributed by atoms with Crippen LogP contribution in [0.25, 0.3) is 0 Å². The molecule has 2 rings (SSSR count). The number of nitrogens with two attached hydrogens (primary N) is 1. The van der Waals surface area contributed by atoms with E-state index in [-0.39, 0.29) is 24.2 Å². The Morgan fingerprint density at radius 2 is 2.35 bits per heavy atom. The minimum absolute atomic E-state index is 0.102. The molecule has 0 spiro atoms. The van der Waals surface area contributed by atoms with Crippen molar-refractivity contribution in [2.75, 3.05) is 26.8 Å². The molecule has 5 heteroatoms. The van der Waals surface area contributed by atoms with Crippen LogP contribution in [0.4, 0.5) is 0 Å². The zero-order chi connectivity index (χ0) is 12.3. The molecule has 2 heterocycles. The maximum absolute atomic E-state index is 12.3. The van der Waals surface area contributed by atoms with Crippen LogP contribution >= 0.6 is 0 Å². The standard InChI is InChI=1S/C12H22N2O3/c1-16-10-4-5-14(9(7-10)8-13)12(15)11-3-2-6-17-11/h9-11H,2-8,13H2,1H3. The molecule has 0 aromatic rings. The van der Waals surface area contributed by atoms with Crippen LogP contribution in [0.2, 0.25) is 0 Å². The van der Waals surface area contributed by atoms with E-state index in [0.717, 1.165) is 32.2 Å². The number of ether oxygens (including phenoxy) is 2.